The zero-order valence-corrected chi connectivity index (χ0v) is 5.41. The van der Waals surface area contributed by atoms with E-state index in [1.54, 1.807) is 0 Å². The molecule has 0 aliphatic heterocycles. The number of nitrogens with one attached hydrogen (secondary N) is 1. The van der Waals surface area contributed by atoms with E-state index in [4.69, 9.17) is 0 Å². The predicted molar refractivity (Wildman–Crippen MR) is 32.6 cm³/mol. The number of halogens is 1. The van der Waals surface area contributed by atoms with Gasteiger partial charge in [0.05, 0.1) is 0 Å². The minimum absolute atomic E-state index is 0.0274. The van der Waals surface area contributed by atoms with Gasteiger partial charge in [-0.25, -0.2) is 4.39 Å². The summed E-state index contributed by atoms with van der Waals surface area (Å²) < 4.78 is 12.0. The highest BCUT2D eigenvalue weighted by atomic mass is 32.1. The Morgan fingerprint density at radius 2 is 2.50 bits per heavy atom. The number of amides is 1. The van der Waals surface area contributed by atoms with Crippen molar-refractivity contribution in [1.29, 1.82) is 0 Å². The minimum Gasteiger partial charge on any atom is -0.326 e. The average Bonchev–Trinajstić information content (AvgIpc) is 1.65. The van der Waals surface area contributed by atoms with E-state index in [-0.39, 0.29) is 11.7 Å². The highest BCUT2D eigenvalue weighted by molar-refractivity contribution is 7.80. The number of hydrogen-bond acceptors (Lipinski definition) is 2. The molecule has 8 heavy (non-hydrogen) atoms. The molecule has 1 N–H and O–H groups in total. The molecule has 0 aromatic rings. The first-order valence-electron chi connectivity index (χ1n) is 2.19. The summed E-state index contributed by atoms with van der Waals surface area (Å²) in [6, 6.07) is 0. The molecular weight excluding hydrogens is 129 g/mol. The van der Waals surface area contributed by atoms with E-state index >= 15 is 0 Å². The van der Waals surface area contributed by atoms with Gasteiger partial charge in [0.15, 0.2) is 6.30 Å². The van der Waals surface area contributed by atoms with Gasteiger partial charge in [-0.1, -0.05) is 0 Å². The molecular formula is C4H8FNOS. The van der Waals surface area contributed by atoms with E-state index in [0.29, 0.717) is 0 Å². The number of thiol groups is 1. The Labute approximate surface area is 52.9 Å². The summed E-state index contributed by atoms with van der Waals surface area (Å²) in [6.07, 6.45) is -1.31. The van der Waals surface area contributed by atoms with Crippen molar-refractivity contribution in [3.05, 3.63) is 0 Å². The number of hydrogen-bond donors (Lipinski definition) is 2. The molecule has 0 fully saturated rings. The normalized spacial score (nSPS) is 12.9. The van der Waals surface area contributed by atoms with Gasteiger partial charge < -0.3 is 5.32 Å². The fourth-order valence-corrected chi connectivity index (χ4v) is 0.357. The van der Waals surface area contributed by atoms with E-state index < -0.39 is 6.30 Å². The van der Waals surface area contributed by atoms with Gasteiger partial charge in [-0.2, -0.15) is 12.6 Å². The molecule has 0 aromatic heterocycles. The number of carbonyl (C=O) groups is 1. The second kappa shape index (κ2) is 3.72. The molecule has 0 aliphatic rings. The molecule has 0 saturated carbocycles. The Kier molecular flexibility index (Phi) is 3.60. The van der Waals surface area contributed by atoms with Crippen LogP contribution in [0.4, 0.5) is 4.39 Å². The van der Waals surface area contributed by atoms with E-state index in [1.807, 2.05) is 5.32 Å². The van der Waals surface area contributed by atoms with Gasteiger partial charge in [0, 0.05) is 12.7 Å². The van der Waals surface area contributed by atoms with Crippen LogP contribution in [0.1, 0.15) is 6.92 Å². The Bertz CT molecular complexity index is 88.1. The number of alkyl halides is 1. The molecule has 0 rings (SSSR count). The zero-order valence-electron chi connectivity index (χ0n) is 4.52. The van der Waals surface area contributed by atoms with Gasteiger partial charge in [-0.15, -0.1) is 0 Å². The van der Waals surface area contributed by atoms with Gasteiger partial charge >= 0.3 is 0 Å². The van der Waals surface area contributed by atoms with Crippen LogP contribution in [0.3, 0.4) is 0 Å². The second-order valence-electron chi connectivity index (χ2n) is 1.35. The average molecular weight is 137 g/mol. The predicted octanol–water partition coefficient (Wildman–Crippen LogP) is 0.348. The molecule has 1 unspecified atom stereocenters. The Morgan fingerprint density at radius 1 is 2.00 bits per heavy atom. The SMILES string of the molecule is CC(=O)NC(F)CS. The van der Waals surface area contributed by atoms with E-state index in [0.717, 1.165) is 0 Å². The molecule has 0 aliphatic carbocycles. The molecule has 0 heterocycles. The molecule has 0 spiro atoms. The molecule has 4 heteroatoms. The second-order valence-corrected chi connectivity index (χ2v) is 1.72. The highest BCUT2D eigenvalue weighted by Crippen LogP contribution is 1.86. The summed E-state index contributed by atoms with van der Waals surface area (Å²) in [5.74, 6) is -0.342. The van der Waals surface area contributed by atoms with Gasteiger partial charge in [0.2, 0.25) is 5.91 Å². The van der Waals surface area contributed by atoms with Crippen molar-refractivity contribution in [2.75, 3.05) is 5.75 Å². The van der Waals surface area contributed by atoms with Gasteiger partial charge in [0.25, 0.3) is 0 Å². The first-order valence-corrected chi connectivity index (χ1v) is 2.82. The monoisotopic (exact) mass is 137 g/mol. The van der Waals surface area contributed by atoms with Gasteiger partial charge in [-0.05, 0) is 0 Å². The topological polar surface area (TPSA) is 29.1 Å². The largest absolute Gasteiger partial charge is 0.326 e. The van der Waals surface area contributed by atoms with Crippen molar-refractivity contribution in [3.63, 3.8) is 0 Å². The van der Waals surface area contributed by atoms with Crippen LogP contribution in [0.5, 0.6) is 0 Å². The van der Waals surface area contributed by atoms with E-state index in [2.05, 4.69) is 12.6 Å². The first-order chi connectivity index (χ1) is 3.66. The van der Waals surface area contributed by atoms with E-state index in [1.165, 1.54) is 6.92 Å². The van der Waals surface area contributed by atoms with E-state index in [9.17, 15) is 9.18 Å². The number of rotatable bonds is 2. The Balaban J connectivity index is 3.24. The third-order valence-corrected chi connectivity index (χ3v) is 0.841. The summed E-state index contributed by atoms with van der Waals surface area (Å²) in [6.45, 7) is 1.26. The molecule has 0 saturated heterocycles. The van der Waals surface area contributed by atoms with Crippen LogP contribution in [-0.2, 0) is 4.79 Å². The lowest BCUT2D eigenvalue weighted by atomic mass is 10.6. The van der Waals surface area contributed by atoms with Crippen molar-refractivity contribution < 1.29 is 9.18 Å². The van der Waals surface area contributed by atoms with Gasteiger partial charge in [0.1, 0.15) is 0 Å². The van der Waals surface area contributed by atoms with Crippen LogP contribution in [0, 0.1) is 0 Å². The quantitative estimate of drug-likeness (QED) is 0.417. The summed E-state index contributed by atoms with van der Waals surface area (Å²) in [5, 5.41) is 2.01. The molecule has 0 aromatic carbocycles. The third-order valence-electron chi connectivity index (χ3n) is 0.520. The van der Waals surface area contributed by atoms with Crippen LogP contribution < -0.4 is 5.32 Å². The van der Waals surface area contributed by atoms with Crippen molar-refractivity contribution in [1.82, 2.24) is 5.32 Å². The molecule has 1 atom stereocenters. The fourth-order valence-electron chi connectivity index (χ4n) is 0.266. The number of carbonyl (C=O) groups excluding carboxylic acids is 1. The van der Waals surface area contributed by atoms with Crippen LogP contribution in [0.2, 0.25) is 0 Å². The molecule has 2 nitrogen and oxygen atoms in total. The van der Waals surface area contributed by atoms with Gasteiger partial charge in [-0.3, -0.25) is 4.79 Å². The summed E-state index contributed by atoms with van der Waals surface area (Å²) in [4.78, 5) is 10.0. The molecule has 1 amide bonds. The van der Waals surface area contributed by atoms with Crippen LogP contribution >= 0.6 is 12.6 Å². The molecule has 0 radical (unpaired) electrons. The zero-order chi connectivity index (χ0) is 6.57. The molecule has 0 bridgehead atoms. The van der Waals surface area contributed by atoms with Crippen LogP contribution in [0.15, 0.2) is 0 Å². The summed E-state index contributed by atoms with van der Waals surface area (Å²) in [5.41, 5.74) is 0. The van der Waals surface area contributed by atoms with Crippen molar-refractivity contribution >= 4 is 18.5 Å². The van der Waals surface area contributed by atoms with Crippen molar-refractivity contribution in [3.8, 4) is 0 Å². The Morgan fingerprint density at radius 3 is 2.62 bits per heavy atom. The maximum absolute atomic E-state index is 12.0. The summed E-state index contributed by atoms with van der Waals surface area (Å²) >= 11 is 3.60. The maximum atomic E-state index is 12.0. The molecule has 48 valence electrons. The lowest BCUT2D eigenvalue weighted by Crippen LogP contribution is -2.30. The smallest absolute Gasteiger partial charge is 0.219 e. The van der Waals surface area contributed by atoms with Crippen molar-refractivity contribution in [2.45, 2.75) is 13.2 Å². The lowest BCUT2D eigenvalue weighted by molar-refractivity contribution is -0.120. The minimum atomic E-state index is -1.31. The van der Waals surface area contributed by atoms with Crippen LogP contribution in [0.25, 0.3) is 0 Å². The van der Waals surface area contributed by atoms with Crippen molar-refractivity contribution in [2.24, 2.45) is 0 Å². The highest BCUT2D eigenvalue weighted by Gasteiger charge is 2.01. The van der Waals surface area contributed by atoms with Crippen LogP contribution in [-0.4, -0.2) is 18.0 Å². The lowest BCUT2D eigenvalue weighted by Gasteiger charge is -2.02. The Hall–Kier alpha value is -0.250. The summed E-state index contributed by atoms with van der Waals surface area (Å²) in [7, 11) is 0. The first kappa shape index (κ1) is 7.75. The fraction of sp³-hybridized carbons (Fsp3) is 0.750. The third kappa shape index (κ3) is 3.92. The standard InChI is InChI=1S/C4H8FNOS/c1-3(7)6-4(5)2-8/h4,8H,2H2,1H3,(H,6,7). The maximum Gasteiger partial charge on any atom is 0.219 e.